The average Bonchev–Trinajstić information content (AvgIpc) is 2.30. The number of sulfone groups is 1. The molecule has 0 heterocycles. The zero-order chi connectivity index (χ0) is 14.9. The quantitative estimate of drug-likeness (QED) is 0.302. The van der Waals surface area contributed by atoms with Crippen molar-refractivity contribution < 1.29 is 27.9 Å². The third kappa shape index (κ3) is 9.31. The number of carbonyl (C=O) groups is 3. The molecule has 0 aromatic carbocycles. The maximum absolute atomic E-state index is 11.4. The number of amides is 2. The van der Waals surface area contributed by atoms with Crippen LogP contribution in [0.25, 0.3) is 0 Å². The smallest absolute Gasteiger partial charge is 0.327 e. The lowest BCUT2D eigenvalue weighted by Gasteiger charge is -2.10. The first-order chi connectivity index (χ1) is 8.78. The first-order valence-corrected chi connectivity index (χ1v) is 8.25. The lowest BCUT2D eigenvalue weighted by atomic mass is 10.3. The fraction of sp³-hybridized carbons (Fsp3) is 0.667. The molecule has 0 fully saturated rings. The Morgan fingerprint density at radius 2 is 2.00 bits per heavy atom. The SMILES string of the molecule is NC(=O)CCS(=O)(=O)CCSCC(NC=O)C(=O)O. The molecule has 0 aromatic heterocycles. The highest BCUT2D eigenvalue weighted by Crippen LogP contribution is 2.06. The first kappa shape index (κ1) is 17.7. The highest BCUT2D eigenvalue weighted by molar-refractivity contribution is 8.00. The van der Waals surface area contributed by atoms with E-state index in [1.165, 1.54) is 0 Å². The van der Waals surface area contributed by atoms with Crippen LogP contribution in [0.4, 0.5) is 0 Å². The molecule has 0 saturated heterocycles. The van der Waals surface area contributed by atoms with Crippen LogP contribution in [0.1, 0.15) is 6.42 Å². The summed E-state index contributed by atoms with van der Waals surface area (Å²) >= 11 is 1.09. The Labute approximate surface area is 115 Å². The highest BCUT2D eigenvalue weighted by atomic mass is 32.2. The number of carbonyl (C=O) groups excluding carboxylic acids is 2. The van der Waals surface area contributed by atoms with E-state index in [0.29, 0.717) is 0 Å². The Balaban J connectivity index is 3.98. The minimum absolute atomic E-state index is 0.0689. The van der Waals surface area contributed by atoms with Gasteiger partial charge < -0.3 is 16.2 Å². The number of hydrogen-bond acceptors (Lipinski definition) is 6. The van der Waals surface area contributed by atoms with E-state index < -0.39 is 27.8 Å². The van der Waals surface area contributed by atoms with Crippen LogP contribution in [-0.4, -0.2) is 60.9 Å². The van der Waals surface area contributed by atoms with Gasteiger partial charge in [0.1, 0.15) is 6.04 Å². The molecule has 0 aliphatic rings. The second-order valence-corrected chi connectivity index (χ2v) is 7.07. The summed E-state index contributed by atoms with van der Waals surface area (Å²) in [5, 5.41) is 10.8. The van der Waals surface area contributed by atoms with Crippen molar-refractivity contribution in [2.24, 2.45) is 5.73 Å². The van der Waals surface area contributed by atoms with Gasteiger partial charge in [-0.25, -0.2) is 13.2 Å². The van der Waals surface area contributed by atoms with Gasteiger partial charge in [0, 0.05) is 17.9 Å². The summed E-state index contributed by atoms with van der Waals surface area (Å²) in [5.74, 6) is -2.09. The largest absolute Gasteiger partial charge is 0.480 e. The normalized spacial score (nSPS) is 12.6. The summed E-state index contributed by atoms with van der Waals surface area (Å²) in [6.07, 6.45) is 0.0560. The molecule has 110 valence electrons. The van der Waals surface area contributed by atoms with E-state index in [2.05, 4.69) is 5.32 Å². The van der Waals surface area contributed by atoms with E-state index in [9.17, 15) is 22.8 Å². The van der Waals surface area contributed by atoms with Gasteiger partial charge in [0.25, 0.3) is 0 Å². The molecule has 0 aliphatic heterocycles. The Bertz CT molecular complexity index is 422. The molecular weight excluding hydrogens is 296 g/mol. The molecule has 0 aliphatic carbocycles. The van der Waals surface area contributed by atoms with Crippen molar-refractivity contribution in [3.05, 3.63) is 0 Å². The molecule has 0 bridgehead atoms. The molecule has 19 heavy (non-hydrogen) atoms. The molecule has 2 amide bonds. The fourth-order valence-electron chi connectivity index (χ4n) is 1.02. The Morgan fingerprint density at radius 3 is 2.47 bits per heavy atom. The third-order valence-corrected chi connectivity index (χ3v) is 5.02. The second kappa shape index (κ2) is 8.75. The van der Waals surface area contributed by atoms with Gasteiger partial charge in [-0.3, -0.25) is 9.59 Å². The van der Waals surface area contributed by atoms with E-state index in [-0.39, 0.29) is 35.8 Å². The van der Waals surface area contributed by atoms with Crippen LogP contribution in [0, 0.1) is 0 Å². The summed E-state index contributed by atoms with van der Waals surface area (Å²) in [6, 6.07) is -1.05. The van der Waals surface area contributed by atoms with Crippen molar-refractivity contribution in [3.63, 3.8) is 0 Å². The van der Waals surface area contributed by atoms with E-state index in [1.807, 2.05) is 0 Å². The molecule has 0 spiro atoms. The molecule has 1 atom stereocenters. The number of thioether (sulfide) groups is 1. The number of rotatable bonds is 11. The van der Waals surface area contributed by atoms with E-state index >= 15 is 0 Å². The molecule has 0 saturated carbocycles. The van der Waals surface area contributed by atoms with Crippen molar-refractivity contribution in [2.75, 3.05) is 23.0 Å². The van der Waals surface area contributed by atoms with Crippen molar-refractivity contribution in [1.82, 2.24) is 5.32 Å². The lowest BCUT2D eigenvalue weighted by molar-refractivity contribution is -0.139. The summed E-state index contributed by atoms with van der Waals surface area (Å²) in [4.78, 5) is 31.2. The zero-order valence-corrected chi connectivity index (χ0v) is 11.7. The summed E-state index contributed by atoms with van der Waals surface area (Å²) in [6.45, 7) is 0. The van der Waals surface area contributed by atoms with Gasteiger partial charge in [-0.1, -0.05) is 0 Å². The molecule has 4 N–H and O–H groups in total. The van der Waals surface area contributed by atoms with Gasteiger partial charge in [0.15, 0.2) is 9.84 Å². The van der Waals surface area contributed by atoms with Crippen molar-refractivity contribution in [2.45, 2.75) is 12.5 Å². The van der Waals surface area contributed by atoms with Gasteiger partial charge in [0.05, 0.1) is 11.5 Å². The van der Waals surface area contributed by atoms with Crippen LogP contribution in [0.5, 0.6) is 0 Å². The lowest BCUT2D eigenvalue weighted by Crippen LogP contribution is -2.38. The maximum Gasteiger partial charge on any atom is 0.327 e. The molecular formula is C9H16N2O6S2. The van der Waals surface area contributed by atoms with Gasteiger partial charge in [-0.2, -0.15) is 11.8 Å². The first-order valence-electron chi connectivity index (χ1n) is 5.27. The molecule has 0 radical (unpaired) electrons. The monoisotopic (exact) mass is 312 g/mol. The molecule has 1 unspecified atom stereocenters. The van der Waals surface area contributed by atoms with Crippen molar-refractivity contribution in [1.29, 1.82) is 0 Å². The van der Waals surface area contributed by atoms with Gasteiger partial charge in [-0.15, -0.1) is 0 Å². The van der Waals surface area contributed by atoms with Crippen LogP contribution in [-0.2, 0) is 24.2 Å². The summed E-state index contributed by atoms with van der Waals surface area (Å²) < 4.78 is 22.9. The van der Waals surface area contributed by atoms with Crippen molar-refractivity contribution in [3.8, 4) is 0 Å². The number of nitrogens with one attached hydrogen (secondary N) is 1. The molecule has 10 heteroatoms. The van der Waals surface area contributed by atoms with E-state index in [0.717, 1.165) is 11.8 Å². The molecule has 0 rings (SSSR count). The van der Waals surface area contributed by atoms with Gasteiger partial charge in [0.2, 0.25) is 12.3 Å². The minimum Gasteiger partial charge on any atom is -0.480 e. The number of carboxylic acid groups (broad SMARTS) is 1. The fourth-order valence-corrected chi connectivity index (χ4v) is 3.86. The molecule has 0 aromatic rings. The van der Waals surface area contributed by atoms with Crippen LogP contribution in [0.3, 0.4) is 0 Å². The maximum atomic E-state index is 11.4. The zero-order valence-electron chi connectivity index (χ0n) is 10.1. The van der Waals surface area contributed by atoms with Crippen LogP contribution < -0.4 is 11.1 Å². The van der Waals surface area contributed by atoms with Crippen molar-refractivity contribution >= 4 is 39.9 Å². The standard InChI is InChI=1S/C9H16N2O6S2/c10-8(13)1-3-19(16,17)4-2-18-5-7(9(14)15)11-6-12/h6-7H,1-5H2,(H2,10,13)(H,11,12)(H,14,15). The summed E-state index contributed by atoms with van der Waals surface area (Å²) in [7, 11) is -3.37. The van der Waals surface area contributed by atoms with Crippen LogP contribution in [0.15, 0.2) is 0 Å². The number of hydrogen-bond donors (Lipinski definition) is 3. The highest BCUT2D eigenvalue weighted by Gasteiger charge is 2.17. The topological polar surface area (TPSA) is 144 Å². The minimum atomic E-state index is -3.37. The van der Waals surface area contributed by atoms with E-state index in [4.69, 9.17) is 10.8 Å². The number of aliphatic carboxylic acids is 1. The van der Waals surface area contributed by atoms with Gasteiger partial charge in [-0.05, 0) is 0 Å². The number of nitrogens with two attached hydrogens (primary N) is 1. The number of primary amides is 1. The molecule has 8 nitrogen and oxygen atoms in total. The Kier molecular flexibility index (Phi) is 8.16. The van der Waals surface area contributed by atoms with Crippen LogP contribution >= 0.6 is 11.8 Å². The second-order valence-electron chi connectivity index (χ2n) is 3.62. The Hall–Kier alpha value is -1.29. The van der Waals surface area contributed by atoms with Gasteiger partial charge >= 0.3 is 5.97 Å². The number of carboxylic acids is 1. The predicted octanol–water partition coefficient (Wildman–Crippen LogP) is -1.79. The van der Waals surface area contributed by atoms with E-state index in [1.54, 1.807) is 0 Å². The summed E-state index contributed by atoms with van der Waals surface area (Å²) in [5.41, 5.74) is 4.85. The third-order valence-electron chi connectivity index (χ3n) is 2.05. The van der Waals surface area contributed by atoms with Crippen LogP contribution in [0.2, 0.25) is 0 Å². The predicted molar refractivity (Wildman–Crippen MR) is 70.4 cm³/mol. The Morgan fingerprint density at radius 1 is 1.37 bits per heavy atom. The average molecular weight is 312 g/mol.